The minimum absolute atomic E-state index is 0.163. The van der Waals surface area contributed by atoms with Crippen LogP contribution in [-0.2, 0) is 0 Å². The molecule has 1 aromatic carbocycles. The Bertz CT molecular complexity index is 931. The van der Waals surface area contributed by atoms with Crippen LogP contribution in [0.5, 0.6) is 5.75 Å². The van der Waals surface area contributed by atoms with Gasteiger partial charge >= 0.3 is 0 Å². The van der Waals surface area contributed by atoms with E-state index in [0.717, 1.165) is 20.9 Å². The molecule has 118 valence electrons. The second kappa shape index (κ2) is 5.70. The summed E-state index contributed by atoms with van der Waals surface area (Å²) in [5, 5.41) is 13.7. The van der Waals surface area contributed by atoms with E-state index in [0.29, 0.717) is 22.8 Å². The third kappa shape index (κ3) is 2.82. The van der Waals surface area contributed by atoms with Crippen LogP contribution in [0.1, 0.15) is 27.3 Å². The lowest BCUT2D eigenvalue weighted by Crippen LogP contribution is -2.15. The van der Waals surface area contributed by atoms with Crippen molar-refractivity contribution >= 4 is 38.6 Å². The highest BCUT2D eigenvalue weighted by Gasteiger charge is 2.15. The maximum absolute atomic E-state index is 12.5. The van der Waals surface area contributed by atoms with Crippen molar-refractivity contribution < 1.29 is 9.90 Å². The van der Waals surface area contributed by atoms with Gasteiger partial charge in [0.2, 0.25) is 0 Å². The van der Waals surface area contributed by atoms with Crippen molar-refractivity contribution in [3.05, 3.63) is 51.3 Å². The highest BCUT2D eigenvalue weighted by Crippen LogP contribution is 2.28. The van der Waals surface area contributed by atoms with Crippen LogP contribution >= 0.6 is 15.9 Å². The quantitative estimate of drug-likeness (QED) is 0.629. The van der Waals surface area contributed by atoms with Crippen LogP contribution in [-0.4, -0.2) is 21.0 Å². The number of H-pyrrole nitrogens is 1. The van der Waals surface area contributed by atoms with Gasteiger partial charge in [-0.3, -0.25) is 4.79 Å². The van der Waals surface area contributed by atoms with Crippen LogP contribution in [0.3, 0.4) is 0 Å². The number of benzene rings is 1. The highest BCUT2D eigenvalue weighted by molar-refractivity contribution is 9.10. The topological polar surface area (TPSA) is 78.0 Å². The molecule has 1 amide bonds. The molecule has 0 aliphatic carbocycles. The molecule has 0 spiro atoms. The van der Waals surface area contributed by atoms with E-state index in [-0.39, 0.29) is 11.7 Å². The Kier molecular flexibility index (Phi) is 3.85. The average Bonchev–Trinajstić information content (AvgIpc) is 2.93. The minimum atomic E-state index is -0.266. The van der Waals surface area contributed by atoms with E-state index in [9.17, 15) is 9.90 Å². The normalized spacial score (nSPS) is 11.0. The summed E-state index contributed by atoms with van der Waals surface area (Å²) in [5.74, 6) is 0.357. The van der Waals surface area contributed by atoms with Crippen molar-refractivity contribution in [2.24, 2.45) is 0 Å². The van der Waals surface area contributed by atoms with Crippen LogP contribution in [0.4, 0.5) is 5.82 Å². The summed E-state index contributed by atoms with van der Waals surface area (Å²) in [7, 11) is 0. The van der Waals surface area contributed by atoms with E-state index in [1.807, 2.05) is 25.1 Å². The fraction of sp³-hybridized carbons (Fsp3) is 0.176. The van der Waals surface area contributed by atoms with E-state index in [2.05, 4.69) is 31.2 Å². The number of nitrogens with one attached hydrogen (secondary N) is 2. The van der Waals surface area contributed by atoms with E-state index in [1.165, 1.54) is 0 Å². The monoisotopic (exact) mass is 373 g/mol. The Labute approximate surface area is 141 Å². The fourth-order valence-electron chi connectivity index (χ4n) is 2.45. The SMILES string of the molecule is Cc1nc(NC(=O)c2cc3cc(Br)ccc3[nH]2)c(C)c(C)c1O. The van der Waals surface area contributed by atoms with Gasteiger partial charge in [0.15, 0.2) is 0 Å². The zero-order valence-electron chi connectivity index (χ0n) is 13.0. The first-order chi connectivity index (χ1) is 10.9. The summed E-state index contributed by atoms with van der Waals surface area (Å²) < 4.78 is 0.957. The average molecular weight is 374 g/mol. The molecule has 0 radical (unpaired) electrons. The summed E-state index contributed by atoms with van der Waals surface area (Å²) in [6, 6.07) is 7.57. The lowest BCUT2D eigenvalue weighted by Gasteiger charge is -2.12. The Morgan fingerprint density at radius 3 is 2.70 bits per heavy atom. The zero-order valence-corrected chi connectivity index (χ0v) is 14.6. The zero-order chi connectivity index (χ0) is 16.7. The smallest absolute Gasteiger partial charge is 0.273 e. The van der Waals surface area contributed by atoms with Gasteiger partial charge in [0.1, 0.15) is 17.3 Å². The molecule has 0 unspecified atom stereocenters. The number of aromatic nitrogens is 2. The summed E-state index contributed by atoms with van der Waals surface area (Å²) in [6.07, 6.45) is 0. The predicted molar refractivity (Wildman–Crippen MR) is 94.1 cm³/mol. The number of fused-ring (bicyclic) bond motifs is 1. The number of amides is 1. The fourth-order valence-corrected chi connectivity index (χ4v) is 2.83. The number of hydrogen-bond donors (Lipinski definition) is 3. The van der Waals surface area contributed by atoms with E-state index in [4.69, 9.17) is 0 Å². The van der Waals surface area contributed by atoms with E-state index >= 15 is 0 Å². The van der Waals surface area contributed by atoms with Gasteiger partial charge in [0, 0.05) is 15.4 Å². The highest BCUT2D eigenvalue weighted by atomic mass is 79.9. The maximum Gasteiger partial charge on any atom is 0.273 e. The molecule has 0 bridgehead atoms. The third-order valence-corrected chi connectivity index (χ3v) is 4.45. The van der Waals surface area contributed by atoms with Crippen LogP contribution in [0.2, 0.25) is 0 Å². The Hall–Kier alpha value is -2.34. The number of aromatic amines is 1. The third-order valence-electron chi connectivity index (χ3n) is 3.95. The van der Waals surface area contributed by atoms with Gasteiger partial charge in [-0.05, 0) is 56.2 Å². The van der Waals surface area contributed by atoms with Crippen molar-refractivity contribution in [3.63, 3.8) is 0 Å². The van der Waals surface area contributed by atoms with E-state index in [1.54, 1.807) is 19.9 Å². The lowest BCUT2D eigenvalue weighted by molar-refractivity contribution is 0.102. The molecule has 3 rings (SSSR count). The van der Waals surface area contributed by atoms with Crippen molar-refractivity contribution in [1.82, 2.24) is 9.97 Å². The van der Waals surface area contributed by atoms with Crippen molar-refractivity contribution in [2.45, 2.75) is 20.8 Å². The predicted octanol–water partition coefficient (Wildman–Crippen LogP) is 4.21. The number of carbonyl (C=O) groups is 1. The molecule has 0 saturated carbocycles. The van der Waals surface area contributed by atoms with E-state index < -0.39 is 0 Å². The minimum Gasteiger partial charge on any atom is -0.506 e. The first-order valence-electron chi connectivity index (χ1n) is 7.13. The molecular formula is C17H16BrN3O2. The van der Waals surface area contributed by atoms with Gasteiger partial charge in [-0.1, -0.05) is 15.9 Å². The van der Waals surface area contributed by atoms with Crippen LogP contribution in [0, 0.1) is 20.8 Å². The number of aryl methyl sites for hydroxylation is 1. The number of pyridine rings is 1. The number of carbonyl (C=O) groups excluding carboxylic acids is 1. The largest absolute Gasteiger partial charge is 0.506 e. The summed E-state index contributed by atoms with van der Waals surface area (Å²) >= 11 is 3.42. The molecule has 2 heterocycles. The van der Waals surface area contributed by atoms with Gasteiger partial charge in [0.25, 0.3) is 5.91 Å². The first kappa shape index (κ1) is 15.6. The number of rotatable bonds is 2. The van der Waals surface area contributed by atoms with Gasteiger partial charge in [-0.2, -0.15) is 0 Å². The Morgan fingerprint density at radius 1 is 1.22 bits per heavy atom. The maximum atomic E-state index is 12.5. The number of hydrogen-bond acceptors (Lipinski definition) is 3. The molecule has 0 aliphatic heterocycles. The first-order valence-corrected chi connectivity index (χ1v) is 7.92. The molecule has 0 atom stereocenters. The molecule has 5 nitrogen and oxygen atoms in total. The molecule has 3 aromatic rings. The summed E-state index contributed by atoms with van der Waals surface area (Å²) in [5.41, 5.74) is 3.31. The van der Waals surface area contributed by atoms with Crippen molar-refractivity contribution in [2.75, 3.05) is 5.32 Å². The van der Waals surface area contributed by atoms with Gasteiger partial charge in [-0.15, -0.1) is 0 Å². The Morgan fingerprint density at radius 2 is 1.96 bits per heavy atom. The van der Waals surface area contributed by atoms with Crippen LogP contribution < -0.4 is 5.32 Å². The standard InChI is InChI=1S/C17H16BrN3O2/c1-8-9(2)16(19-10(3)15(8)22)21-17(23)14-7-11-6-12(18)4-5-13(11)20-14/h4-7,20,22H,1-3H3,(H,19,21,23). The number of anilines is 1. The molecule has 6 heteroatoms. The summed E-state index contributed by atoms with van der Waals surface area (Å²) in [4.78, 5) is 19.8. The Balaban J connectivity index is 1.95. The molecule has 3 N–H and O–H groups in total. The van der Waals surface area contributed by atoms with Crippen molar-refractivity contribution in [1.29, 1.82) is 0 Å². The number of aromatic hydroxyl groups is 1. The van der Waals surface area contributed by atoms with Gasteiger partial charge in [0.05, 0.1) is 5.69 Å². The second-order valence-electron chi connectivity index (χ2n) is 5.51. The van der Waals surface area contributed by atoms with Gasteiger partial charge < -0.3 is 15.4 Å². The second-order valence-corrected chi connectivity index (χ2v) is 6.43. The molecule has 0 aliphatic rings. The number of nitrogens with zero attached hydrogens (tertiary/aromatic N) is 1. The lowest BCUT2D eigenvalue weighted by atomic mass is 10.1. The number of halogens is 1. The van der Waals surface area contributed by atoms with Crippen molar-refractivity contribution in [3.8, 4) is 5.75 Å². The van der Waals surface area contributed by atoms with Crippen LogP contribution in [0.15, 0.2) is 28.7 Å². The molecular weight excluding hydrogens is 358 g/mol. The van der Waals surface area contributed by atoms with Crippen LogP contribution in [0.25, 0.3) is 10.9 Å². The molecule has 0 saturated heterocycles. The summed E-state index contributed by atoms with van der Waals surface area (Å²) in [6.45, 7) is 5.33. The molecule has 0 fully saturated rings. The van der Waals surface area contributed by atoms with Gasteiger partial charge in [-0.25, -0.2) is 4.98 Å². The molecule has 2 aromatic heterocycles. The molecule has 23 heavy (non-hydrogen) atoms.